The number of nitrogens with zero attached hydrogens (tertiary/aromatic N) is 1. The first-order valence-corrected chi connectivity index (χ1v) is 7.70. The standard InChI is InChI=1S/C16H26FN3O2.HI/c1-3-13(22-15-9-6-5-8-14(15)17)12-20-16(18)19-10-7-11-21-4-2;/h5-6,8-9,13H,3-4,7,10-12H2,1-2H3,(H3,18,19,20);1H. The van der Waals surface area contributed by atoms with Crippen LogP contribution in [0.5, 0.6) is 5.75 Å². The lowest BCUT2D eigenvalue weighted by atomic mass is 10.2. The summed E-state index contributed by atoms with van der Waals surface area (Å²) in [6.07, 6.45) is 1.38. The summed E-state index contributed by atoms with van der Waals surface area (Å²) in [5, 5.41) is 3.01. The van der Waals surface area contributed by atoms with Gasteiger partial charge in [-0.05, 0) is 31.9 Å². The fraction of sp³-hybridized carbons (Fsp3) is 0.562. The van der Waals surface area contributed by atoms with Gasteiger partial charge in [-0.3, -0.25) is 0 Å². The van der Waals surface area contributed by atoms with E-state index in [9.17, 15) is 4.39 Å². The van der Waals surface area contributed by atoms with E-state index in [0.717, 1.165) is 19.4 Å². The number of guanidine groups is 1. The molecule has 1 rings (SSSR count). The maximum atomic E-state index is 13.5. The van der Waals surface area contributed by atoms with E-state index in [4.69, 9.17) is 15.2 Å². The topological polar surface area (TPSA) is 68.9 Å². The molecule has 0 heterocycles. The molecule has 0 bridgehead atoms. The van der Waals surface area contributed by atoms with Gasteiger partial charge in [0, 0.05) is 19.8 Å². The molecule has 132 valence electrons. The van der Waals surface area contributed by atoms with Crippen LogP contribution in [0.2, 0.25) is 0 Å². The number of halogens is 2. The molecular weight excluding hydrogens is 412 g/mol. The summed E-state index contributed by atoms with van der Waals surface area (Å²) in [7, 11) is 0. The molecule has 0 spiro atoms. The van der Waals surface area contributed by atoms with E-state index in [2.05, 4.69) is 10.3 Å². The predicted molar refractivity (Wildman–Crippen MR) is 102 cm³/mol. The van der Waals surface area contributed by atoms with Crippen molar-refractivity contribution in [2.24, 2.45) is 10.7 Å². The predicted octanol–water partition coefficient (Wildman–Crippen LogP) is 2.93. The van der Waals surface area contributed by atoms with Crippen molar-refractivity contribution in [3.8, 4) is 5.75 Å². The van der Waals surface area contributed by atoms with Crippen LogP contribution in [0.25, 0.3) is 0 Å². The Labute approximate surface area is 154 Å². The molecule has 0 aromatic heterocycles. The number of hydrogen-bond donors (Lipinski definition) is 2. The fourth-order valence-corrected chi connectivity index (χ4v) is 1.76. The van der Waals surface area contributed by atoms with Crippen molar-refractivity contribution in [2.75, 3.05) is 26.3 Å². The van der Waals surface area contributed by atoms with Gasteiger partial charge in [0.25, 0.3) is 0 Å². The van der Waals surface area contributed by atoms with Crippen LogP contribution in [-0.4, -0.2) is 38.4 Å². The molecule has 0 radical (unpaired) electrons. The van der Waals surface area contributed by atoms with Gasteiger partial charge in [-0.25, -0.2) is 9.38 Å². The Morgan fingerprint density at radius 1 is 1.35 bits per heavy atom. The number of aliphatic imine (C=N–C) groups is 1. The second kappa shape index (κ2) is 13.4. The Hall–Kier alpha value is -1.09. The first-order chi connectivity index (χ1) is 10.7. The van der Waals surface area contributed by atoms with Gasteiger partial charge >= 0.3 is 0 Å². The van der Waals surface area contributed by atoms with E-state index in [0.29, 0.717) is 25.7 Å². The monoisotopic (exact) mass is 439 g/mol. The van der Waals surface area contributed by atoms with E-state index in [-0.39, 0.29) is 41.6 Å². The molecule has 0 aliphatic carbocycles. The molecule has 3 N–H and O–H groups in total. The molecule has 0 amide bonds. The first-order valence-electron chi connectivity index (χ1n) is 7.70. The highest BCUT2D eigenvalue weighted by molar-refractivity contribution is 14.0. The van der Waals surface area contributed by atoms with Crippen molar-refractivity contribution in [2.45, 2.75) is 32.8 Å². The Balaban J connectivity index is 0.00000484. The molecule has 1 atom stereocenters. The maximum absolute atomic E-state index is 13.5. The molecule has 1 aromatic carbocycles. The van der Waals surface area contributed by atoms with Gasteiger partial charge in [0.05, 0.1) is 6.54 Å². The summed E-state index contributed by atoms with van der Waals surface area (Å²) in [6, 6.07) is 6.35. The van der Waals surface area contributed by atoms with Crippen molar-refractivity contribution in [1.82, 2.24) is 5.32 Å². The van der Waals surface area contributed by atoms with Gasteiger partial charge in [-0.2, -0.15) is 0 Å². The SMILES string of the molecule is CCOCCCNC(N)=NCC(CC)Oc1ccccc1F.I. The third-order valence-corrected chi connectivity index (χ3v) is 3.03. The minimum absolute atomic E-state index is 0. The number of benzene rings is 1. The second-order valence-corrected chi connectivity index (χ2v) is 4.78. The number of ether oxygens (including phenoxy) is 2. The van der Waals surface area contributed by atoms with Crippen molar-refractivity contribution in [3.63, 3.8) is 0 Å². The molecule has 0 saturated carbocycles. The van der Waals surface area contributed by atoms with Crippen LogP contribution in [0.3, 0.4) is 0 Å². The van der Waals surface area contributed by atoms with Crippen molar-refractivity contribution >= 4 is 29.9 Å². The van der Waals surface area contributed by atoms with Gasteiger partial charge < -0.3 is 20.5 Å². The van der Waals surface area contributed by atoms with Gasteiger partial charge in [-0.1, -0.05) is 19.1 Å². The molecule has 1 aromatic rings. The van der Waals surface area contributed by atoms with Gasteiger partial charge in [0.1, 0.15) is 6.10 Å². The molecule has 0 fully saturated rings. The van der Waals surface area contributed by atoms with E-state index >= 15 is 0 Å². The minimum atomic E-state index is -0.369. The molecule has 0 saturated heterocycles. The van der Waals surface area contributed by atoms with Crippen LogP contribution >= 0.6 is 24.0 Å². The van der Waals surface area contributed by atoms with Crippen molar-refractivity contribution < 1.29 is 13.9 Å². The third-order valence-electron chi connectivity index (χ3n) is 3.03. The van der Waals surface area contributed by atoms with Crippen LogP contribution in [-0.2, 0) is 4.74 Å². The van der Waals surface area contributed by atoms with E-state index in [1.54, 1.807) is 18.2 Å². The number of nitrogens with one attached hydrogen (secondary N) is 1. The normalized spacial score (nSPS) is 12.4. The summed E-state index contributed by atoms with van der Waals surface area (Å²) in [4.78, 5) is 4.23. The summed E-state index contributed by atoms with van der Waals surface area (Å²) in [6.45, 7) is 6.44. The molecule has 1 unspecified atom stereocenters. The average molecular weight is 439 g/mol. The van der Waals surface area contributed by atoms with Gasteiger partial charge in [0.2, 0.25) is 0 Å². The van der Waals surface area contributed by atoms with E-state index in [1.807, 2.05) is 13.8 Å². The van der Waals surface area contributed by atoms with Crippen LogP contribution < -0.4 is 15.8 Å². The lowest BCUT2D eigenvalue weighted by Gasteiger charge is -2.16. The zero-order chi connectivity index (χ0) is 16.2. The summed E-state index contributed by atoms with van der Waals surface area (Å²) in [5.41, 5.74) is 5.78. The van der Waals surface area contributed by atoms with Crippen molar-refractivity contribution in [3.05, 3.63) is 30.1 Å². The van der Waals surface area contributed by atoms with Gasteiger partial charge in [0.15, 0.2) is 17.5 Å². The molecule has 5 nitrogen and oxygen atoms in total. The number of para-hydroxylation sites is 1. The zero-order valence-corrected chi connectivity index (χ0v) is 16.1. The number of rotatable bonds is 10. The van der Waals surface area contributed by atoms with Crippen molar-refractivity contribution in [1.29, 1.82) is 0 Å². The van der Waals surface area contributed by atoms with E-state index in [1.165, 1.54) is 6.07 Å². The first kappa shape index (κ1) is 21.9. The molecule has 23 heavy (non-hydrogen) atoms. The Morgan fingerprint density at radius 2 is 2.09 bits per heavy atom. The lowest BCUT2D eigenvalue weighted by molar-refractivity contribution is 0.145. The Kier molecular flexibility index (Phi) is 12.7. The average Bonchev–Trinajstić information content (AvgIpc) is 2.53. The second-order valence-electron chi connectivity index (χ2n) is 4.78. The quantitative estimate of drug-likeness (QED) is 0.255. The van der Waals surface area contributed by atoms with Crippen LogP contribution in [0.1, 0.15) is 26.7 Å². The van der Waals surface area contributed by atoms with Crippen LogP contribution in [0.15, 0.2) is 29.3 Å². The summed E-state index contributed by atoms with van der Waals surface area (Å²) in [5.74, 6) is 0.242. The van der Waals surface area contributed by atoms with Gasteiger partial charge in [-0.15, -0.1) is 24.0 Å². The smallest absolute Gasteiger partial charge is 0.188 e. The fourth-order valence-electron chi connectivity index (χ4n) is 1.76. The maximum Gasteiger partial charge on any atom is 0.188 e. The third kappa shape index (κ3) is 9.60. The van der Waals surface area contributed by atoms with Crippen LogP contribution in [0.4, 0.5) is 4.39 Å². The lowest BCUT2D eigenvalue weighted by Crippen LogP contribution is -2.34. The molecule has 0 aliphatic heterocycles. The molecule has 0 aliphatic rings. The Morgan fingerprint density at radius 3 is 2.74 bits per heavy atom. The molecular formula is C16H27FIN3O2. The highest BCUT2D eigenvalue weighted by Gasteiger charge is 2.10. The number of nitrogens with two attached hydrogens (primary N) is 1. The molecule has 7 heteroatoms. The zero-order valence-electron chi connectivity index (χ0n) is 13.8. The largest absolute Gasteiger partial charge is 0.485 e. The highest BCUT2D eigenvalue weighted by atomic mass is 127. The minimum Gasteiger partial charge on any atom is -0.485 e. The number of hydrogen-bond acceptors (Lipinski definition) is 3. The highest BCUT2D eigenvalue weighted by Crippen LogP contribution is 2.18. The summed E-state index contributed by atoms with van der Waals surface area (Å²) >= 11 is 0. The summed E-state index contributed by atoms with van der Waals surface area (Å²) < 4.78 is 24.4. The van der Waals surface area contributed by atoms with E-state index < -0.39 is 0 Å². The van der Waals surface area contributed by atoms with Crippen LogP contribution in [0, 0.1) is 5.82 Å². The Bertz CT molecular complexity index is 461.